The lowest BCUT2D eigenvalue weighted by molar-refractivity contribution is -0.149. The van der Waals surface area contributed by atoms with E-state index in [0.717, 1.165) is 17.0 Å². The number of hydrogen-bond donors (Lipinski definition) is 1. The minimum Gasteiger partial charge on any atom is -0.480 e. The third-order valence-electron chi connectivity index (χ3n) is 4.30. The highest BCUT2D eigenvalue weighted by atomic mass is 19.4. The zero-order valence-electron chi connectivity index (χ0n) is 14.1. The molecule has 9 heteroatoms. The molecule has 2 rings (SSSR count). The molecule has 0 bridgehead atoms. The fraction of sp³-hybridized carbons (Fsp3) is 0.471. The maximum atomic E-state index is 12.6. The summed E-state index contributed by atoms with van der Waals surface area (Å²) in [4.78, 5) is 38.0. The van der Waals surface area contributed by atoms with Crippen molar-refractivity contribution in [2.45, 2.75) is 25.6 Å². The van der Waals surface area contributed by atoms with Crippen molar-refractivity contribution in [3.8, 4) is 0 Å². The molecule has 1 fully saturated rings. The van der Waals surface area contributed by atoms with Crippen LogP contribution in [0.2, 0.25) is 0 Å². The second-order valence-electron chi connectivity index (χ2n) is 6.29. The van der Waals surface area contributed by atoms with Gasteiger partial charge in [0.05, 0.1) is 5.56 Å². The van der Waals surface area contributed by atoms with E-state index in [2.05, 4.69) is 0 Å². The van der Waals surface area contributed by atoms with Crippen molar-refractivity contribution in [1.29, 1.82) is 0 Å². The molecule has 1 heterocycles. The molecule has 0 aromatic heterocycles. The first-order chi connectivity index (χ1) is 12.1. The van der Waals surface area contributed by atoms with Crippen molar-refractivity contribution in [3.05, 3.63) is 35.4 Å². The summed E-state index contributed by atoms with van der Waals surface area (Å²) in [5, 5.41) is 9.04. The summed E-state index contributed by atoms with van der Waals surface area (Å²) in [7, 11) is 1.63. The van der Waals surface area contributed by atoms with Crippen LogP contribution in [0.3, 0.4) is 0 Å². The first kappa shape index (κ1) is 19.7. The van der Waals surface area contributed by atoms with E-state index in [1.54, 1.807) is 7.05 Å². The number of aliphatic carboxylic acids is 1. The number of hydrogen-bond acceptors (Lipinski definition) is 3. The molecule has 0 unspecified atom stereocenters. The van der Waals surface area contributed by atoms with Crippen LogP contribution in [-0.4, -0.2) is 52.8 Å². The fourth-order valence-electron chi connectivity index (χ4n) is 2.81. The van der Waals surface area contributed by atoms with Gasteiger partial charge in [-0.2, -0.15) is 13.2 Å². The van der Waals surface area contributed by atoms with Crippen molar-refractivity contribution in [1.82, 2.24) is 9.80 Å². The lowest BCUT2D eigenvalue weighted by Crippen LogP contribution is -2.45. The highest BCUT2D eigenvalue weighted by Gasteiger charge is 2.33. The Hall–Kier alpha value is -2.58. The minimum atomic E-state index is -4.47. The van der Waals surface area contributed by atoms with Gasteiger partial charge in [0.25, 0.3) is 0 Å². The summed E-state index contributed by atoms with van der Waals surface area (Å²) in [6, 6.07) is 4.20. The Kier molecular flexibility index (Phi) is 5.89. The lowest BCUT2D eigenvalue weighted by atomic mass is 9.94. The Morgan fingerprint density at radius 1 is 1.27 bits per heavy atom. The van der Waals surface area contributed by atoms with Crippen LogP contribution in [0.25, 0.3) is 0 Å². The topological polar surface area (TPSA) is 77.9 Å². The van der Waals surface area contributed by atoms with E-state index in [4.69, 9.17) is 5.11 Å². The molecule has 1 atom stereocenters. The van der Waals surface area contributed by atoms with Crippen molar-refractivity contribution >= 4 is 17.8 Å². The van der Waals surface area contributed by atoms with Gasteiger partial charge in [0.15, 0.2) is 0 Å². The summed E-state index contributed by atoms with van der Waals surface area (Å²) < 4.78 is 37.8. The number of amides is 2. The average Bonchev–Trinajstić information content (AvgIpc) is 2.55. The van der Waals surface area contributed by atoms with Gasteiger partial charge in [0, 0.05) is 32.5 Å². The Balaban J connectivity index is 2.13. The molecule has 0 aliphatic carbocycles. The van der Waals surface area contributed by atoms with Gasteiger partial charge in [-0.05, 0) is 24.1 Å². The second kappa shape index (κ2) is 7.76. The number of carboxylic acids is 1. The maximum absolute atomic E-state index is 12.6. The smallest absolute Gasteiger partial charge is 0.416 e. The second-order valence-corrected chi connectivity index (χ2v) is 6.29. The number of carboxylic acid groups (broad SMARTS) is 1. The van der Waals surface area contributed by atoms with E-state index in [1.807, 2.05) is 0 Å². The summed E-state index contributed by atoms with van der Waals surface area (Å²) >= 11 is 0. The number of alkyl halides is 3. The van der Waals surface area contributed by atoms with Gasteiger partial charge in [-0.1, -0.05) is 12.1 Å². The van der Waals surface area contributed by atoms with Crippen LogP contribution in [0.4, 0.5) is 13.2 Å². The molecule has 6 nitrogen and oxygen atoms in total. The molecule has 0 spiro atoms. The molecule has 142 valence electrons. The van der Waals surface area contributed by atoms with E-state index in [9.17, 15) is 27.6 Å². The van der Waals surface area contributed by atoms with E-state index < -0.39 is 36.1 Å². The van der Waals surface area contributed by atoms with Crippen LogP contribution >= 0.6 is 0 Å². The third kappa shape index (κ3) is 4.96. The lowest BCUT2D eigenvalue weighted by Gasteiger charge is -2.31. The first-order valence-electron chi connectivity index (χ1n) is 7.98. The number of benzene rings is 1. The molecule has 1 aliphatic rings. The van der Waals surface area contributed by atoms with Crippen molar-refractivity contribution in [2.24, 2.45) is 5.92 Å². The SMILES string of the molecule is CN1CC[C@@H](C(=O)N(CC(=O)O)Cc2ccc(C(F)(F)F)cc2)CC1=O. The molecule has 1 aromatic carbocycles. The van der Waals surface area contributed by atoms with Crippen LogP contribution in [0.1, 0.15) is 24.0 Å². The van der Waals surface area contributed by atoms with E-state index in [-0.39, 0.29) is 18.9 Å². The molecule has 2 amide bonds. The minimum absolute atomic E-state index is 0.00152. The van der Waals surface area contributed by atoms with Crippen LogP contribution in [0.15, 0.2) is 24.3 Å². The van der Waals surface area contributed by atoms with E-state index >= 15 is 0 Å². The van der Waals surface area contributed by atoms with Gasteiger partial charge in [0.1, 0.15) is 6.54 Å². The van der Waals surface area contributed by atoms with Gasteiger partial charge >= 0.3 is 12.1 Å². The standard InChI is InChI=1S/C17H19F3N2O4/c1-21-7-6-12(8-14(21)23)16(26)22(10-15(24)25)9-11-2-4-13(5-3-11)17(18,19)20/h2-5,12H,6-10H2,1H3,(H,24,25)/t12-/m1/s1. The van der Waals surface area contributed by atoms with Gasteiger partial charge in [0.2, 0.25) is 11.8 Å². The number of nitrogens with zero attached hydrogens (tertiary/aromatic N) is 2. The van der Waals surface area contributed by atoms with Crippen LogP contribution in [0.5, 0.6) is 0 Å². The number of carbonyl (C=O) groups excluding carboxylic acids is 2. The van der Waals surface area contributed by atoms with Gasteiger partial charge in [-0.15, -0.1) is 0 Å². The molecule has 1 N–H and O–H groups in total. The fourth-order valence-corrected chi connectivity index (χ4v) is 2.81. The molecule has 26 heavy (non-hydrogen) atoms. The molecule has 1 aromatic rings. The maximum Gasteiger partial charge on any atom is 0.416 e. The Bertz CT molecular complexity index is 688. The summed E-state index contributed by atoms with van der Waals surface area (Å²) in [5.41, 5.74) is -0.440. The average molecular weight is 372 g/mol. The largest absolute Gasteiger partial charge is 0.480 e. The summed E-state index contributed by atoms with van der Waals surface area (Å²) in [6.07, 6.45) is -4.05. The van der Waals surface area contributed by atoms with Crippen LogP contribution in [-0.2, 0) is 27.1 Å². The first-order valence-corrected chi connectivity index (χ1v) is 7.98. The van der Waals surface area contributed by atoms with Crippen molar-refractivity contribution in [3.63, 3.8) is 0 Å². The van der Waals surface area contributed by atoms with Crippen LogP contribution < -0.4 is 0 Å². The molecule has 0 radical (unpaired) electrons. The molecule has 1 saturated heterocycles. The number of likely N-dealkylation sites (tertiary alicyclic amines) is 1. The monoisotopic (exact) mass is 372 g/mol. The summed E-state index contributed by atoms with van der Waals surface area (Å²) in [6.45, 7) is -0.319. The van der Waals surface area contributed by atoms with Gasteiger partial charge < -0.3 is 14.9 Å². The number of carbonyl (C=O) groups is 3. The molecular weight excluding hydrogens is 353 g/mol. The molecule has 0 saturated carbocycles. The number of rotatable bonds is 5. The normalized spacial score (nSPS) is 17.9. The Morgan fingerprint density at radius 3 is 2.38 bits per heavy atom. The highest BCUT2D eigenvalue weighted by molar-refractivity contribution is 5.88. The highest BCUT2D eigenvalue weighted by Crippen LogP contribution is 2.29. The zero-order chi connectivity index (χ0) is 19.5. The molecule has 1 aliphatic heterocycles. The van der Waals surface area contributed by atoms with Gasteiger partial charge in [-0.3, -0.25) is 14.4 Å². The van der Waals surface area contributed by atoms with Crippen LogP contribution in [0, 0.1) is 5.92 Å². The predicted octanol–water partition coefficient (Wildman–Crippen LogP) is 1.99. The predicted molar refractivity (Wildman–Crippen MR) is 84.9 cm³/mol. The quantitative estimate of drug-likeness (QED) is 0.858. The Labute approximate surface area is 148 Å². The van der Waals surface area contributed by atoms with Crippen molar-refractivity contribution < 1.29 is 32.7 Å². The van der Waals surface area contributed by atoms with E-state index in [0.29, 0.717) is 18.5 Å². The van der Waals surface area contributed by atoms with Crippen molar-refractivity contribution in [2.75, 3.05) is 20.1 Å². The van der Waals surface area contributed by atoms with E-state index in [1.165, 1.54) is 17.0 Å². The number of piperidine rings is 1. The summed E-state index contributed by atoms with van der Waals surface area (Å²) in [5.74, 6) is -2.52. The molecular formula is C17H19F3N2O4. The third-order valence-corrected chi connectivity index (χ3v) is 4.30. The zero-order valence-corrected chi connectivity index (χ0v) is 14.1. The Morgan fingerprint density at radius 2 is 1.88 bits per heavy atom. The van der Waals surface area contributed by atoms with Gasteiger partial charge in [-0.25, -0.2) is 0 Å². The number of halogens is 3.